The van der Waals surface area contributed by atoms with E-state index in [-0.39, 0.29) is 12.5 Å². The fourth-order valence-electron chi connectivity index (χ4n) is 1.75. The third kappa shape index (κ3) is 2.63. The number of ether oxygens (including phenoxy) is 1. The van der Waals surface area contributed by atoms with E-state index < -0.39 is 0 Å². The van der Waals surface area contributed by atoms with Crippen molar-refractivity contribution in [2.75, 3.05) is 7.11 Å². The van der Waals surface area contributed by atoms with Gasteiger partial charge >= 0.3 is 0 Å². The first-order chi connectivity index (χ1) is 9.19. The summed E-state index contributed by atoms with van der Waals surface area (Å²) in [6.45, 7) is 3.66. The summed E-state index contributed by atoms with van der Waals surface area (Å²) >= 11 is 0. The maximum absolute atomic E-state index is 9.00. The van der Waals surface area contributed by atoms with Gasteiger partial charge in [0.25, 0.3) is 0 Å². The van der Waals surface area contributed by atoms with E-state index in [1.54, 1.807) is 14.0 Å². The predicted molar refractivity (Wildman–Crippen MR) is 63.1 cm³/mol. The summed E-state index contributed by atoms with van der Waals surface area (Å²) < 4.78 is 15.3. The highest BCUT2D eigenvalue weighted by atomic mass is 16.5. The Kier molecular flexibility index (Phi) is 3.92. The summed E-state index contributed by atoms with van der Waals surface area (Å²) in [4.78, 5) is 4.24. The number of nitriles is 1. The van der Waals surface area contributed by atoms with Crippen LogP contribution in [0.15, 0.2) is 9.05 Å². The Morgan fingerprint density at radius 2 is 2.16 bits per heavy atom. The fourth-order valence-corrected chi connectivity index (χ4v) is 1.75. The maximum Gasteiger partial charge on any atom is 0.232 e. The Morgan fingerprint density at radius 1 is 1.37 bits per heavy atom. The lowest BCUT2D eigenvalue weighted by molar-refractivity contribution is 0.0903. The monoisotopic (exact) mass is 262 g/mol. The molecule has 100 valence electrons. The van der Waals surface area contributed by atoms with Crippen LogP contribution in [0.1, 0.15) is 48.2 Å². The molecule has 2 aromatic rings. The minimum absolute atomic E-state index is 0.188. The molecule has 2 heterocycles. The molecule has 0 saturated heterocycles. The lowest BCUT2D eigenvalue weighted by Crippen LogP contribution is -2.02. The summed E-state index contributed by atoms with van der Waals surface area (Å²) in [6.07, 6.45) is 0.835. The van der Waals surface area contributed by atoms with Crippen LogP contribution in [0.4, 0.5) is 0 Å². The molecule has 19 heavy (non-hydrogen) atoms. The molecule has 1 unspecified atom stereocenters. The average Bonchev–Trinajstić information content (AvgIpc) is 2.99. The molecule has 0 spiro atoms. The highest BCUT2D eigenvalue weighted by Gasteiger charge is 2.19. The fraction of sp³-hybridized carbons (Fsp3) is 0.500. The van der Waals surface area contributed by atoms with Gasteiger partial charge < -0.3 is 13.8 Å². The van der Waals surface area contributed by atoms with Crippen LogP contribution in [0.25, 0.3) is 0 Å². The average molecular weight is 262 g/mol. The first-order valence-corrected chi connectivity index (χ1v) is 5.90. The van der Waals surface area contributed by atoms with Gasteiger partial charge in [-0.2, -0.15) is 10.2 Å². The van der Waals surface area contributed by atoms with E-state index in [1.807, 2.05) is 13.0 Å². The second kappa shape index (κ2) is 5.63. The quantitative estimate of drug-likeness (QED) is 0.811. The molecule has 0 aliphatic carbocycles. The zero-order valence-electron chi connectivity index (χ0n) is 11.0. The van der Waals surface area contributed by atoms with Crippen molar-refractivity contribution in [3.05, 3.63) is 28.7 Å². The van der Waals surface area contributed by atoms with Gasteiger partial charge in [-0.15, -0.1) is 0 Å². The summed E-state index contributed by atoms with van der Waals surface area (Å²) in [7, 11) is 1.60. The van der Waals surface area contributed by atoms with Crippen LogP contribution in [0.5, 0.6) is 0 Å². The van der Waals surface area contributed by atoms with E-state index >= 15 is 0 Å². The maximum atomic E-state index is 9.00. The lowest BCUT2D eigenvalue weighted by Gasteiger charge is -2.05. The molecule has 0 aromatic carbocycles. The molecule has 0 radical (unpaired) electrons. The van der Waals surface area contributed by atoms with Crippen LogP contribution in [0, 0.1) is 18.3 Å². The van der Waals surface area contributed by atoms with Crippen molar-refractivity contribution in [2.45, 2.75) is 32.8 Å². The molecule has 0 amide bonds. The highest BCUT2D eigenvalue weighted by molar-refractivity contribution is 5.36. The van der Waals surface area contributed by atoms with Crippen molar-refractivity contribution in [1.82, 2.24) is 15.3 Å². The van der Waals surface area contributed by atoms with Gasteiger partial charge in [0.15, 0.2) is 5.76 Å². The smallest absolute Gasteiger partial charge is 0.232 e. The van der Waals surface area contributed by atoms with E-state index in [0.717, 1.165) is 6.42 Å². The number of rotatable bonds is 5. The van der Waals surface area contributed by atoms with Crippen LogP contribution in [-0.2, 0) is 11.2 Å². The second-order valence-corrected chi connectivity index (χ2v) is 4.03. The van der Waals surface area contributed by atoms with Gasteiger partial charge in [-0.25, -0.2) is 0 Å². The molecule has 0 aliphatic heterocycles. The zero-order chi connectivity index (χ0) is 13.8. The Bertz CT molecular complexity index is 592. The minimum Gasteiger partial charge on any atom is -0.373 e. The number of aromatic nitrogens is 3. The molecule has 0 bridgehead atoms. The topological polar surface area (TPSA) is 98.0 Å². The van der Waals surface area contributed by atoms with Gasteiger partial charge in [-0.05, 0) is 13.3 Å². The molecule has 1 atom stereocenters. The second-order valence-electron chi connectivity index (χ2n) is 4.03. The van der Waals surface area contributed by atoms with Crippen molar-refractivity contribution in [3.8, 4) is 6.07 Å². The van der Waals surface area contributed by atoms with Gasteiger partial charge in [-0.3, -0.25) is 0 Å². The van der Waals surface area contributed by atoms with E-state index in [4.69, 9.17) is 19.0 Å². The molecule has 2 rings (SSSR count). The molecule has 7 heteroatoms. The summed E-state index contributed by atoms with van der Waals surface area (Å²) in [5.41, 5.74) is 0.916. The molecular formula is C12H14N4O3. The third-order valence-corrected chi connectivity index (χ3v) is 2.79. The van der Waals surface area contributed by atoms with E-state index in [2.05, 4.69) is 15.3 Å². The molecule has 0 fully saturated rings. The number of aryl methyl sites for hydroxylation is 1. The molecule has 0 N–H and O–H groups in total. The Morgan fingerprint density at radius 3 is 2.79 bits per heavy atom. The van der Waals surface area contributed by atoms with Crippen molar-refractivity contribution >= 4 is 0 Å². The number of hydrogen-bond acceptors (Lipinski definition) is 7. The van der Waals surface area contributed by atoms with Gasteiger partial charge in [0, 0.05) is 7.11 Å². The number of nitrogens with zero attached hydrogens (tertiary/aromatic N) is 4. The van der Waals surface area contributed by atoms with Crippen molar-refractivity contribution in [1.29, 1.82) is 5.26 Å². The van der Waals surface area contributed by atoms with Crippen LogP contribution >= 0.6 is 0 Å². The summed E-state index contributed by atoms with van der Waals surface area (Å²) in [6, 6.07) is 2.05. The summed E-state index contributed by atoms with van der Waals surface area (Å²) in [5, 5.41) is 16.7. The Hall–Kier alpha value is -2.20. The van der Waals surface area contributed by atoms with E-state index in [1.165, 1.54) is 0 Å². The highest BCUT2D eigenvalue weighted by Crippen LogP contribution is 2.19. The van der Waals surface area contributed by atoms with Gasteiger partial charge in [0.1, 0.15) is 23.4 Å². The zero-order valence-corrected chi connectivity index (χ0v) is 11.0. The van der Waals surface area contributed by atoms with Crippen LogP contribution in [0.3, 0.4) is 0 Å². The summed E-state index contributed by atoms with van der Waals surface area (Å²) in [5.74, 6) is 1.37. The Labute approximate surface area is 110 Å². The largest absolute Gasteiger partial charge is 0.373 e. The van der Waals surface area contributed by atoms with Gasteiger partial charge in [0.2, 0.25) is 11.7 Å². The van der Waals surface area contributed by atoms with Crippen LogP contribution < -0.4 is 0 Å². The first-order valence-electron chi connectivity index (χ1n) is 5.90. The van der Waals surface area contributed by atoms with Crippen molar-refractivity contribution in [3.63, 3.8) is 0 Å². The van der Waals surface area contributed by atoms with Crippen molar-refractivity contribution < 1.29 is 13.8 Å². The van der Waals surface area contributed by atoms with Gasteiger partial charge in [-0.1, -0.05) is 17.2 Å². The molecule has 0 aliphatic rings. The third-order valence-electron chi connectivity index (χ3n) is 2.79. The normalized spacial score (nSPS) is 12.3. The number of methoxy groups -OCH3 is 1. The molecule has 7 nitrogen and oxygen atoms in total. The molecule has 2 aromatic heterocycles. The standard InChI is InChI=1S/C12H14N4O3/c1-4-10(17-3)12-14-11(19-16-12)5-9-8(6-13)7(2)18-15-9/h10H,4-5H2,1-3H3. The van der Waals surface area contributed by atoms with E-state index in [0.29, 0.717) is 28.7 Å². The van der Waals surface area contributed by atoms with E-state index in [9.17, 15) is 0 Å². The molecular weight excluding hydrogens is 248 g/mol. The van der Waals surface area contributed by atoms with Gasteiger partial charge in [0.05, 0.1) is 6.42 Å². The lowest BCUT2D eigenvalue weighted by atomic mass is 10.1. The minimum atomic E-state index is -0.188. The molecule has 0 saturated carbocycles. The van der Waals surface area contributed by atoms with Crippen LogP contribution in [0.2, 0.25) is 0 Å². The van der Waals surface area contributed by atoms with Crippen molar-refractivity contribution in [2.24, 2.45) is 0 Å². The number of hydrogen-bond donors (Lipinski definition) is 0. The Balaban J connectivity index is 2.18. The SMILES string of the molecule is CCC(OC)c1noc(Cc2noc(C)c2C#N)n1. The van der Waals surface area contributed by atoms with Crippen LogP contribution in [-0.4, -0.2) is 22.4 Å². The first kappa shape index (κ1) is 13.2. The predicted octanol–water partition coefficient (Wildman–Crippen LogP) is 1.93.